The Morgan fingerprint density at radius 3 is 2.59 bits per heavy atom. The van der Waals surface area contributed by atoms with E-state index < -0.39 is 0 Å². The van der Waals surface area contributed by atoms with Crippen molar-refractivity contribution >= 4 is 6.03 Å². The zero-order valence-corrected chi connectivity index (χ0v) is 10.2. The molecular weight excluding hydrogens is 214 g/mol. The van der Waals surface area contributed by atoms with Crippen LogP contribution in [0.5, 0.6) is 0 Å². The fourth-order valence-electron chi connectivity index (χ4n) is 1.80. The van der Waals surface area contributed by atoms with Gasteiger partial charge in [0.15, 0.2) is 0 Å². The minimum atomic E-state index is 0.0226. The van der Waals surface area contributed by atoms with E-state index in [1.54, 1.807) is 9.80 Å². The van der Waals surface area contributed by atoms with E-state index in [2.05, 4.69) is 0 Å². The summed E-state index contributed by atoms with van der Waals surface area (Å²) in [7, 11) is 3.77. The summed E-state index contributed by atoms with van der Waals surface area (Å²) in [6, 6.07) is 10.0. The second-order valence-corrected chi connectivity index (χ2v) is 4.29. The summed E-state index contributed by atoms with van der Waals surface area (Å²) < 4.78 is 0. The van der Waals surface area contributed by atoms with Crippen LogP contribution >= 0.6 is 0 Å². The lowest BCUT2D eigenvalue weighted by Crippen LogP contribution is -2.38. The average Bonchev–Trinajstić information content (AvgIpc) is 2.76. The summed E-state index contributed by atoms with van der Waals surface area (Å²) >= 11 is 0. The van der Waals surface area contributed by atoms with Gasteiger partial charge in [0.2, 0.25) is 0 Å². The van der Waals surface area contributed by atoms with Crippen molar-refractivity contribution in [3.63, 3.8) is 0 Å². The fourth-order valence-corrected chi connectivity index (χ4v) is 1.80. The van der Waals surface area contributed by atoms with Gasteiger partial charge < -0.3 is 9.80 Å². The van der Waals surface area contributed by atoms with Crippen molar-refractivity contribution in [2.45, 2.75) is 6.54 Å². The zero-order chi connectivity index (χ0) is 12.3. The molecule has 1 aliphatic rings. The van der Waals surface area contributed by atoms with Gasteiger partial charge in [-0.2, -0.15) is 0 Å². The Hall–Kier alpha value is -1.97. The van der Waals surface area contributed by atoms with E-state index in [9.17, 15) is 4.79 Å². The molecule has 0 radical (unpaired) electrons. The number of hydrogen-bond donors (Lipinski definition) is 0. The number of urea groups is 1. The van der Waals surface area contributed by atoms with E-state index in [1.165, 1.54) is 0 Å². The third kappa shape index (κ3) is 2.78. The lowest BCUT2D eigenvalue weighted by atomic mass is 10.2. The molecule has 0 spiro atoms. The van der Waals surface area contributed by atoms with Crippen molar-refractivity contribution in [1.82, 2.24) is 14.7 Å². The quantitative estimate of drug-likeness (QED) is 0.777. The number of nitrogens with zero attached hydrogens (tertiary/aromatic N) is 3. The number of rotatable bonds is 2. The maximum Gasteiger partial charge on any atom is 0.325 e. The molecule has 1 aromatic carbocycles. The molecule has 0 atom stereocenters. The molecule has 0 bridgehead atoms. The van der Waals surface area contributed by atoms with Crippen molar-refractivity contribution in [3.05, 3.63) is 48.3 Å². The molecule has 90 valence electrons. The Labute approximate surface area is 102 Å². The number of amides is 2. The van der Waals surface area contributed by atoms with Crippen molar-refractivity contribution in [1.29, 1.82) is 0 Å². The minimum absolute atomic E-state index is 0.0226. The number of benzene rings is 1. The third-order valence-electron chi connectivity index (χ3n) is 2.71. The average molecular weight is 231 g/mol. The van der Waals surface area contributed by atoms with Gasteiger partial charge in [0.25, 0.3) is 0 Å². The summed E-state index contributed by atoms with van der Waals surface area (Å²) in [4.78, 5) is 17.5. The molecule has 0 unspecified atom stereocenters. The van der Waals surface area contributed by atoms with Gasteiger partial charge in [-0.1, -0.05) is 30.3 Å². The molecular formula is C13H17N3O. The Kier molecular flexibility index (Phi) is 3.32. The van der Waals surface area contributed by atoms with Crippen LogP contribution in [0.1, 0.15) is 5.56 Å². The van der Waals surface area contributed by atoms with Crippen LogP contribution in [0.2, 0.25) is 0 Å². The third-order valence-corrected chi connectivity index (χ3v) is 2.71. The first-order valence-electron chi connectivity index (χ1n) is 5.61. The number of carbonyl (C=O) groups excluding carboxylic acids is 1. The van der Waals surface area contributed by atoms with Gasteiger partial charge in [0.1, 0.15) is 0 Å². The van der Waals surface area contributed by atoms with Gasteiger partial charge in [0, 0.05) is 33.0 Å². The van der Waals surface area contributed by atoms with Crippen molar-refractivity contribution in [3.8, 4) is 0 Å². The van der Waals surface area contributed by atoms with E-state index in [0.29, 0.717) is 13.2 Å². The van der Waals surface area contributed by atoms with E-state index in [-0.39, 0.29) is 6.03 Å². The second kappa shape index (κ2) is 4.91. The fraction of sp³-hybridized carbons (Fsp3) is 0.308. The number of carbonyl (C=O) groups is 1. The Balaban J connectivity index is 1.94. The maximum absolute atomic E-state index is 12.1. The van der Waals surface area contributed by atoms with Gasteiger partial charge in [-0.05, 0) is 5.56 Å². The van der Waals surface area contributed by atoms with Gasteiger partial charge in [0.05, 0.1) is 6.67 Å². The molecule has 0 saturated carbocycles. The largest absolute Gasteiger partial charge is 0.361 e. The molecule has 2 rings (SSSR count). The first kappa shape index (κ1) is 11.5. The number of hydrogen-bond acceptors (Lipinski definition) is 2. The lowest BCUT2D eigenvalue weighted by Gasteiger charge is -2.24. The smallest absolute Gasteiger partial charge is 0.325 e. The van der Waals surface area contributed by atoms with Crippen molar-refractivity contribution < 1.29 is 4.79 Å². The lowest BCUT2D eigenvalue weighted by molar-refractivity contribution is 0.171. The molecule has 17 heavy (non-hydrogen) atoms. The molecule has 0 fully saturated rings. The SMILES string of the molecule is CN1C=CN(C(=O)N(C)Cc2ccccc2)C1. The van der Waals surface area contributed by atoms with Crippen LogP contribution in [-0.2, 0) is 6.54 Å². The van der Waals surface area contributed by atoms with Gasteiger partial charge in [-0.15, -0.1) is 0 Å². The first-order valence-corrected chi connectivity index (χ1v) is 5.61. The molecule has 1 aliphatic heterocycles. The topological polar surface area (TPSA) is 26.8 Å². The molecule has 0 aromatic heterocycles. The van der Waals surface area contributed by atoms with Crippen LogP contribution in [0.25, 0.3) is 0 Å². The van der Waals surface area contributed by atoms with Crippen molar-refractivity contribution in [2.75, 3.05) is 20.8 Å². The van der Waals surface area contributed by atoms with E-state index in [1.807, 2.05) is 61.7 Å². The summed E-state index contributed by atoms with van der Waals surface area (Å²) in [6.45, 7) is 1.26. The van der Waals surface area contributed by atoms with Crippen LogP contribution in [0.4, 0.5) is 4.79 Å². The van der Waals surface area contributed by atoms with Crippen LogP contribution in [0.3, 0.4) is 0 Å². The molecule has 2 amide bonds. The van der Waals surface area contributed by atoms with Crippen molar-refractivity contribution in [2.24, 2.45) is 0 Å². The van der Waals surface area contributed by atoms with Gasteiger partial charge in [-0.3, -0.25) is 4.90 Å². The van der Waals surface area contributed by atoms with Gasteiger partial charge in [-0.25, -0.2) is 4.79 Å². The summed E-state index contributed by atoms with van der Waals surface area (Å²) in [6.07, 6.45) is 3.71. The van der Waals surface area contributed by atoms with Crippen LogP contribution in [0, 0.1) is 0 Å². The van der Waals surface area contributed by atoms with Gasteiger partial charge >= 0.3 is 6.03 Å². The van der Waals surface area contributed by atoms with Crippen LogP contribution < -0.4 is 0 Å². The Bertz CT molecular complexity index is 416. The second-order valence-electron chi connectivity index (χ2n) is 4.29. The molecule has 4 nitrogen and oxygen atoms in total. The normalized spacial score (nSPS) is 14.2. The molecule has 0 N–H and O–H groups in total. The minimum Gasteiger partial charge on any atom is -0.361 e. The molecule has 4 heteroatoms. The van der Waals surface area contributed by atoms with E-state index in [0.717, 1.165) is 5.56 Å². The van der Waals surface area contributed by atoms with Crippen LogP contribution in [0.15, 0.2) is 42.7 Å². The molecule has 1 aromatic rings. The Morgan fingerprint density at radius 2 is 2.00 bits per heavy atom. The summed E-state index contributed by atoms with van der Waals surface area (Å²) in [5, 5.41) is 0. The molecule has 0 aliphatic carbocycles. The Morgan fingerprint density at radius 1 is 1.29 bits per heavy atom. The monoisotopic (exact) mass is 231 g/mol. The predicted octanol–water partition coefficient (Wildman–Crippen LogP) is 1.91. The zero-order valence-electron chi connectivity index (χ0n) is 10.2. The summed E-state index contributed by atoms with van der Waals surface area (Å²) in [5.74, 6) is 0. The van der Waals surface area contributed by atoms with E-state index in [4.69, 9.17) is 0 Å². The highest BCUT2D eigenvalue weighted by atomic mass is 16.2. The van der Waals surface area contributed by atoms with Crippen LogP contribution in [-0.4, -0.2) is 41.5 Å². The highest BCUT2D eigenvalue weighted by Gasteiger charge is 2.19. The molecule has 1 heterocycles. The maximum atomic E-state index is 12.1. The highest BCUT2D eigenvalue weighted by Crippen LogP contribution is 2.09. The first-order chi connectivity index (χ1) is 8.16. The summed E-state index contributed by atoms with van der Waals surface area (Å²) in [5.41, 5.74) is 1.14. The van der Waals surface area contributed by atoms with E-state index >= 15 is 0 Å². The predicted molar refractivity (Wildman–Crippen MR) is 66.9 cm³/mol. The standard InChI is InChI=1S/C13H17N3O/c1-14-8-9-16(11-14)13(17)15(2)10-12-6-4-3-5-7-12/h3-9H,10-11H2,1-2H3. The highest BCUT2D eigenvalue weighted by molar-refractivity contribution is 5.75. The molecule has 0 saturated heterocycles.